The molecule has 0 aliphatic carbocycles. The van der Waals surface area contributed by atoms with E-state index in [9.17, 15) is 0 Å². The second-order valence-corrected chi connectivity index (χ2v) is 6.77. The molecular formula is C16H23BN2O2. The maximum atomic E-state index is 5.95. The highest BCUT2D eigenvalue weighted by atomic mass is 16.7. The molecule has 4 nitrogen and oxygen atoms in total. The van der Waals surface area contributed by atoms with E-state index in [1.165, 1.54) is 0 Å². The van der Waals surface area contributed by atoms with Gasteiger partial charge in [0.15, 0.2) is 0 Å². The lowest BCUT2D eigenvalue weighted by Crippen LogP contribution is -2.41. The van der Waals surface area contributed by atoms with Crippen molar-refractivity contribution in [3.8, 4) is 0 Å². The minimum Gasteiger partial charge on any atom is -0.400 e. The first-order valence-electron chi connectivity index (χ1n) is 7.62. The quantitative estimate of drug-likeness (QED) is 0.868. The van der Waals surface area contributed by atoms with Gasteiger partial charge in [0.2, 0.25) is 0 Å². The average molecular weight is 286 g/mol. The first-order valence-corrected chi connectivity index (χ1v) is 7.62. The number of pyridine rings is 1. The third kappa shape index (κ3) is 2.91. The summed E-state index contributed by atoms with van der Waals surface area (Å²) in [5.41, 5.74) is 1.45. The number of hydrogen-bond acceptors (Lipinski definition) is 4. The molecule has 1 unspecified atom stereocenters. The molecule has 3 heterocycles. The van der Waals surface area contributed by atoms with Crippen LogP contribution in [-0.4, -0.2) is 29.8 Å². The summed E-state index contributed by atoms with van der Waals surface area (Å²) in [6.45, 7) is 9.31. The maximum absolute atomic E-state index is 5.95. The number of rotatable bonds is 3. The summed E-state index contributed by atoms with van der Waals surface area (Å²) in [5.74, 6) is 1.94. The molecule has 1 aromatic rings. The lowest BCUT2D eigenvalue weighted by Gasteiger charge is -2.32. The Hall–Kier alpha value is -1.17. The van der Waals surface area contributed by atoms with Gasteiger partial charge in [0.25, 0.3) is 0 Å². The molecule has 1 N–H and O–H groups in total. The molecule has 0 spiro atoms. The largest absolute Gasteiger partial charge is 0.487 e. The highest BCUT2D eigenvalue weighted by Gasteiger charge is 2.50. The smallest absolute Gasteiger partial charge is 0.400 e. The number of aromatic nitrogens is 1. The Morgan fingerprint density at radius 1 is 1.24 bits per heavy atom. The normalized spacial score (nSPS) is 27.0. The molecule has 2 aliphatic rings. The molecule has 1 atom stereocenters. The van der Waals surface area contributed by atoms with Gasteiger partial charge in [-0.05, 0) is 58.9 Å². The van der Waals surface area contributed by atoms with Crippen molar-refractivity contribution in [1.82, 2.24) is 10.3 Å². The van der Waals surface area contributed by atoms with E-state index in [4.69, 9.17) is 9.31 Å². The zero-order chi connectivity index (χ0) is 15.1. The zero-order valence-electron chi connectivity index (χ0n) is 13.2. The first-order chi connectivity index (χ1) is 9.87. The van der Waals surface area contributed by atoms with Crippen LogP contribution in [-0.2, 0) is 9.31 Å². The van der Waals surface area contributed by atoms with Crippen molar-refractivity contribution in [3.05, 3.63) is 35.6 Å². The van der Waals surface area contributed by atoms with Crippen molar-refractivity contribution in [3.63, 3.8) is 0 Å². The van der Waals surface area contributed by atoms with Crippen molar-refractivity contribution >= 4 is 13.2 Å². The maximum Gasteiger partial charge on any atom is 0.487 e. The highest BCUT2D eigenvalue weighted by Crippen LogP contribution is 2.37. The lowest BCUT2D eigenvalue weighted by molar-refractivity contribution is 0.00578. The van der Waals surface area contributed by atoms with Crippen molar-refractivity contribution in [2.24, 2.45) is 0 Å². The van der Waals surface area contributed by atoms with E-state index in [2.05, 4.69) is 44.1 Å². The SMILES string of the molecule is CC1(C)OB(/C=C/c2cccc(C3CCN3)n2)OC1(C)C. The zero-order valence-corrected chi connectivity index (χ0v) is 13.2. The van der Waals surface area contributed by atoms with Crippen LogP contribution in [0.25, 0.3) is 6.08 Å². The topological polar surface area (TPSA) is 43.4 Å². The second kappa shape index (κ2) is 5.23. The Labute approximate surface area is 127 Å². The van der Waals surface area contributed by atoms with E-state index in [1.807, 2.05) is 24.2 Å². The monoisotopic (exact) mass is 286 g/mol. The van der Waals surface area contributed by atoms with Gasteiger partial charge in [-0.2, -0.15) is 0 Å². The third-order valence-electron chi connectivity index (χ3n) is 4.67. The van der Waals surface area contributed by atoms with Gasteiger partial charge in [-0.15, -0.1) is 0 Å². The molecular weight excluding hydrogens is 263 g/mol. The molecule has 0 bridgehead atoms. The Morgan fingerprint density at radius 3 is 2.48 bits per heavy atom. The summed E-state index contributed by atoms with van der Waals surface area (Å²) >= 11 is 0. The number of nitrogens with one attached hydrogen (secondary N) is 1. The van der Waals surface area contributed by atoms with Gasteiger partial charge in [0.05, 0.1) is 28.6 Å². The van der Waals surface area contributed by atoms with E-state index >= 15 is 0 Å². The molecule has 2 saturated heterocycles. The van der Waals surface area contributed by atoms with Crippen LogP contribution in [0.15, 0.2) is 24.2 Å². The van der Waals surface area contributed by atoms with Crippen LogP contribution < -0.4 is 5.32 Å². The third-order valence-corrected chi connectivity index (χ3v) is 4.67. The average Bonchev–Trinajstić information content (AvgIpc) is 2.54. The van der Waals surface area contributed by atoms with Crippen molar-refractivity contribution in [2.45, 2.75) is 51.4 Å². The van der Waals surface area contributed by atoms with Gasteiger partial charge in [0, 0.05) is 0 Å². The lowest BCUT2D eigenvalue weighted by atomic mass is 9.89. The van der Waals surface area contributed by atoms with Gasteiger partial charge >= 0.3 is 7.12 Å². The van der Waals surface area contributed by atoms with Crippen molar-refractivity contribution in [1.29, 1.82) is 0 Å². The minimum atomic E-state index is -0.317. The van der Waals surface area contributed by atoms with Gasteiger partial charge in [-0.25, -0.2) is 0 Å². The summed E-state index contributed by atoms with van der Waals surface area (Å²) in [4.78, 5) is 4.67. The van der Waals surface area contributed by atoms with Crippen LogP contribution in [0.4, 0.5) is 0 Å². The van der Waals surface area contributed by atoms with Gasteiger partial charge in [0.1, 0.15) is 0 Å². The van der Waals surface area contributed by atoms with Crippen LogP contribution in [0.5, 0.6) is 0 Å². The molecule has 112 valence electrons. The molecule has 3 rings (SSSR count). The number of nitrogens with zero attached hydrogens (tertiary/aromatic N) is 1. The van der Waals surface area contributed by atoms with Crippen LogP contribution in [0.2, 0.25) is 0 Å². The Bertz CT molecular complexity index is 537. The van der Waals surface area contributed by atoms with Crippen molar-refractivity contribution in [2.75, 3.05) is 6.54 Å². The van der Waals surface area contributed by atoms with E-state index in [0.29, 0.717) is 6.04 Å². The predicted octanol–water partition coefficient (Wildman–Crippen LogP) is 2.76. The van der Waals surface area contributed by atoms with Crippen LogP contribution in [0, 0.1) is 0 Å². The molecule has 1 aromatic heterocycles. The molecule has 5 heteroatoms. The minimum absolute atomic E-state index is 0.298. The van der Waals surface area contributed by atoms with Gasteiger partial charge < -0.3 is 14.6 Å². The van der Waals surface area contributed by atoms with E-state index < -0.39 is 0 Å². The fraction of sp³-hybridized carbons (Fsp3) is 0.562. The summed E-state index contributed by atoms with van der Waals surface area (Å²) in [5, 5.41) is 3.37. The first kappa shape index (κ1) is 14.8. The molecule has 0 aromatic carbocycles. The molecule has 0 amide bonds. The fourth-order valence-electron chi connectivity index (χ4n) is 2.44. The molecule has 0 saturated carbocycles. The van der Waals surface area contributed by atoms with E-state index in [-0.39, 0.29) is 18.3 Å². The van der Waals surface area contributed by atoms with E-state index in [1.54, 1.807) is 0 Å². The fourth-order valence-corrected chi connectivity index (χ4v) is 2.44. The Balaban J connectivity index is 1.69. The Kier molecular flexibility index (Phi) is 3.68. The number of hydrogen-bond donors (Lipinski definition) is 1. The van der Waals surface area contributed by atoms with Crippen molar-refractivity contribution < 1.29 is 9.31 Å². The molecule has 2 fully saturated rings. The highest BCUT2D eigenvalue weighted by molar-refractivity contribution is 6.52. The summed E-state index contributed by atoms with van der Waals surface area (Å²) in [6, 6.07) is 6.54. The van der Waals surface area contributed by atoms with Crippen LogP contribution >= 0.6 is 0 Å². The van der Waals surface area contributed by atoms with E-state index in [0.717, 1.165) is 24.4 Å². The van der Waals surface area contributed by atoms with Crippen LogP contribution in [0.1, 0.15) is 51.5 Å². The standard InChI is InChI=1S/C16H23BN2O2/c1-15(2)16(3,4)21-17(20-15)10-8-12-6-5-7-14(19-12)13-9-11-18-13/h5-8,10,13,18H,9,11H2,1-4H3/b10-8+. The Morgan fingerprint density at radius 2 is 1.90 bits per heavy atom. The summed E-state index contributed by atoms with van der Waals surface area (Å²) < 4.78 is 11.9. The molecule has 0 radical (unpaired) electrons. The van der Waals surface area contributed by atoms with Gasteiger partial charge in [-0.1, -0.05) is 12.0 Å². The predicted molar refractivity (Wildman–Crippen MR) is 84.7 cm³/mol. The molecule has 21 heavy (non-hydrogen) atoms. The summed E-state index contributed by atoms with van der Waals surface area (Å²) in [6.07, 6.45) is 3.14. The molecule has 2 aliphatic heterocycles. The van der Waals surface area contributed by atoms with Gasteiger partial charge in [-0.3, -0.25) is 4.98 Å². The summed E-state index contributed by atoms with van der Waals surface area (Å²) in [7, 11) is -0.317. The van der Waals surface area contributed by atoms with Crippen LogP contribution in [0.3, 0.4) is 0 Å². The second-order valence-electron chi connectivity index (χ2n) is 6.77.